The Balaban J connectivity index is 1.63. The minimum Gasteiger partial charge on any atom is -0.0998 e. The maximum atomic E-state index is 4.61. The molecule has 0 nitrogen and oxygen atoms in total. The molecule has 0 radical (unpaired) electrons. The summed E-state index contributed by atoms with van der Waals surface area (Å²) in [4.78, 5) is 0. The molecule has 6 unspecified atom stereocenters. The lowest BCUT2D eigenvalue weighted by atomic mass is 9.46. The fourth-order valence-corrected chi connectivity index (χ4v) is 8.60. The Hall–Kier alpha value is -1.30. The van der Waals surface area contributed by atoms with E-state index in [1.54, 1.807) is 11.1 Å². The third-order valence-electron chi connectivity index (χ3n) is 10.6. The molecule has 3 fully saturated rings. The standard InChI is InChI=1S/C29H40/c1-7-21(4)23-17-22-16-19(2)8-12-27(22,5)24-10-13-28(6)25(26(23)24)11-15-29(28)14-9-20(3)18-29/h10,16,23,25-26H,2-4,7-9,11-15,17-18H2,1,5-6H3. The number of hydrogen-bond acceptors (Lipinski definition) is 0. The van der Waals surface area contributed by atoms with Crippen LogP contribution in [0.3, 0.4) is 0 Å². The number of rotatable bonds is 2. The van der Waals surface area contributed by atoms with E-state index in [1.165, 1.54) is 68.1 Å². The Labute approximate surface area is 178 Å². The molecule has 29 heavy (non-hydrogen) atoms. The highest BCUT2D eigenvalue weighted by Gasteiger charge is 2.64. The maximum Gasteiger partial charge on any atom is 0.0102 e. The molecule has 156 valence electrons. The molecule has 1 spiro atoms. The highest BCUT2D eigenvalue weighted by atomic mass is 14.7. The average Bonchev–Trinajstić information content (AvgIpc) is 3.22. The van der Waals surface area contributed by atoms with Crippen molar-refractivity contribution in [3.8, 4) is 0 Å². The van der Waals surface area contributed by atoms with Crippen molar-refractivity contribution in [2.75, 3.05) is 0 Å². The maximum absolute atomic E-state index is 4.61. The second-order valence-electron chi connectivity index (χ2n) is 11.6. The molecule has 3 saturated carbocycles. The van der Waals surface area contributed by atoms with Gasteiger partial charge in [-0.3, -0.25) is 0 Å². The predicted molar refractivity (Wildman–Crippen MR) is 125 cm³/mol. The summed E-state index contributed by atoms with van der Waals surface area (Å²) >= 11 is 0. The van der Waals surface area contributed by atoms with Crippen LogP contribution in [0, 0.1) is 34.0 Å². The van der Waals surface area contributed by atoms with Gasteiger partial charge in [-0.15, -0.1) is 0 Å². The molecular formula is C29H40. The average molecular weight is 389 g/mol. The van der Waals surface area contributed by atoms with E-state index >= 15 is 0 Å². The van der Waals surface area contributed by atoms with Crippen LogP contribution in [0.2, 0.25) is 0 Å². The molecule has 0 aromatic rings. The zero-order valence-electron chi connectivity index (χ0n) is 19.1. The quantitative estimate of drug-likeness (QED) is 0.417. The molecule has 0 bridgehead atoms. The second-order valence-corrected chi connectivity index (χ2v) is 11.6. The first-order valence-electron chi connectivity index (χ1n) is 12.2. The van der Waals surface area contributed by atoms with E-state index in [0.29, 0.717) is 22.7 Å². The van der Waals surface area contributed by atoms with Crippen LogP contribution in [0.4, 0.5) is 0 Å². The van der Waals surface area contributed by atoms with Crippen molar-refractivity contribution in [3.63, 3.8) is 0 Å². The van der Waals surface area contributed by atoms with Gasteiger partial charge < -0.3 is 0 Å². The summed E-state index contributed by atoms with van der Waals surface area (Å²) in [6, 6.07) is 0. The SMILES string of the molecule is C=C1C=C2CC(C(=C)CC)C3C(=CCC4(C)C3CCC43CCC(=C)C3)C2(C)CC1. The van der Waals surface area contributed by atoms with Gasteiger partial charge in [0.15, 0.2) is 0 Å². The normalized spacial score (nSPS) is 46.1. The fourth-order valence-electron chi connectivity index (χ4n) is 8.60. The van der Waals surface area contributed by atoms with Crippen molar-refractivity contribution in [2.45, 2.75) is 85.0 Å². The summed E-state index contributed by atoms with van der Waals surface area (Å²) in [6.45, 7) is 20.9. The molecule has 0 saturated heterocycles. The van der Waals surface area contributed by atoms with E-state index in [1.807, 2.05) is 0 Å². The monoisotopic (exact) mass is 388 g/mol. The lowest BCUT2D eigenvalue weighted by Crippen LogP contribution is -2.50. The van der Waals surface area contributed by atoms with Gasteiger partial charge in [-0.25, -0.2) is 0 Å². The molecule has 0 heterocycles. The van der Waals surface area contributed by atoms with Gasteiger partial charge in [-0.2, -0.15) is 0 Å². The summed E-state index contributed by atoms with van der Waals surface area (Å²) in [5.74, 6) is 2.16. The Morgan fingerprint density at radius 1 is 1.14 bits per heavy atom. The van der Waals surface area contributed by atoms with Gasteiger partial charge >= 0.3 is 0 Å². The van der Waals surface area contributed by atoms with Crippen molar-refractivity contribution in [3.05, 3.63) is 59.8 Å². The summed E-state index contributed by atoms with van der Waals surface area (Å²) < 4.78 is 0. The fraction of sp³-hybridized carbons (Fsp3) is 0.655. The lowest BCUT2D eigenvalue weighted by Gasteiger charge is -2.58. The van der Waals surface area contributed by atoms with E-state index < -0.39 is 0 Å². The Morgan fingerprint density at radius 2 is 1.93 bits per heavy atom. The summed E-state index contributed by atoms with van der Waals surface area (Å²) in [7, 11) is 0. The van der Waals surface area contributed by atoms with Crippen molar-refractivity contribution in [2.24, 2.45) is 34.0 Å². The molecule has 0 amide bonds. The highest BCUT2D eigenvalue weighted by Crippen LogP contribution is 2.73. The molecule has 0 aliphatic heterocycles. The van der Waals surface area contributed by atoms with Gasteiger partial charge in [-0.1, -0.05) is 80.5 Å². The minimum absolute atomic E-state index is 0.271. The van der Waals surface area contributed by atoms with Gasteiger partial charge in [0.1, 0.15) is 0 Å². The predicted octanol–water partition coefficient (Wildman–Crippen LogP) is 8.34. The first-order chi connectivity index (χ1) is 13.7. The van der Waals surface area contributed by atoms with E-state index in [4.69, 9.17) is 0 Å². The van der Waals surface area contributed by atoms with Gasteiger partial charge in [-0.05, 0) is 92.8 Å². The Morgan fingerprint density at radius 3 is 2.62 bits per heavy atom. The third-order valence-corrected chi connectivity index (χ3v) is 10.6. The minimum atomic E-state index is 0.271. The molecule has 6 atom stereocenters. The number of allylic oxidation sites excluding steroid dienone is 7. The van der Waals surface area contributed by atoms with Crippen LogP contribution in [-0.4, -0.2) is 0 Å². The zero-order valence-corrected chi connectivity index (χ0v) is 19.1. The van der Waals surface area contributed by atoms with Crippen molar-refractivity contribution < 1.29 is 0 Å². The molecule has 0 N–H and O–H groups in total. The van der Waals surface area contributed by atoms with Crippen molar-refractivity contribution >= 4 is 0 Å². The van der Waals surface area contributed by atoms with Gasteiger partial charge in [0.2, 0.25) is 0 Å². The number of hydrogen-bond donors (Lipinski definition) is 0. The molecule has 0 heteroatoms. The van der Waals surface area contributed by atoms with Crippen molar-refractivity contribution in [1.82, 2.24) is 0 Å². The summed E-state index contributed by atoms with van der Waals surface area (Å²) in [6.07, 6.45) is 18.0. The summed E-state index contributed by atoms with van der Waals surface area (Å²) in [5.41, 5.74) is 9.02. The topological polar surface area (TPSA) is 0 Å². The summed E-state index contributed by atoms with van der Waals surface area (Å²) in [5, 5.41) is 0. The van der Waals surface area contributed by atoms with Crippen LogP contribution in [-0.2, 0) is 0 Å². The van der Waals surface area contributed by atoms with Gasteiger partial charge in [0, 0.05) is 5.41 Å². The molecule has 5 rings (SSSR count). The molecule has 5 aliphatic carbocycles. The van der Waals surface area contributed by atoms with E-state index in [2.05, 4.69) is 52.7 Å². The molecule has 5 aliphatic rings. The molecule has 0 aromatic carbocycles. The largest absolute Gasteiger partial charge is 0.0998 e. The highest BCUT2D eigenvalue weighted by molar-refractivity contribution is 5.45. The third kappa shape index (κ3) is 2.50. The molecule has 0 aromatic heterocycles. The van der Waals surface area contributed by atoms with Gasteiger partial charge in [0.25, 0.3) is 0 Å². The van der Waals surface area contributed by atoms with E-state index in [9.17, 15) is 0 Å². The van der Waals surface area contributed by atoms with Crippen LogP contribution < -0.4 is 0 Å². The van der Waals surface area contributed by atoms with E-state index in [-0.39, 0.29) is 5.41 Å². The first-order valence-corrected chi connectivity index (χ1v) is 12.2. The van der Waals surface area contributed by atoms with Crippen LogP contribution in [0.25, 0.3) is 0 Å². The van der Waals surface area contributed by atoms with Crippen molar-refractivity contribution in [1.29, 1.82) is 0 Å². The van der Waals surface area contributed by atoms with Crippen LogP contribution >= 0.6 is 0 Å². The first kappa shape index (κ1) is 19.7. The van der Waals surface area contributed by atoms with Crippen LogP contribution in [0.5, 0.6) is 0 Å². The van der Waals surface area contributed by atoms with Gasteiger partial charge in [0.05, 0.1) is 0 Å². The van der Waals surface area contributed by atoms with Crippen LogP contribution in [0.15, 0.2) is 59.8 Å². The lowest BCUT2D eigenvalue weighted by molar-refractivity contribution is 0.00971. The Kier molecular flexibility index (Phi) is 4.30. The number of fused-ring (bicyclic) bond motifs is 6. The Bertz CT molecular complexity index is 849. The zero-order chi connectivity index (χ0) is 20.6. The molecular weight excluding hydrogens is 348 g/mol. The smallest absolute Gasteiger partial charge is 0.0102 e. The second kappa shape index (κ2) is 6.35. The van der Waals surface area contributed by atoms with Crippen LogP contribution in [0.1, 0.15) is 85.0 Å². The van der Waals surface area contributed by atoms with E-state index in [0.717, 1.165) is 18.8 Å².